The third-order valence-corrected chi connectivity index (χ3v) is 13.3. The summed E-state index contributed by atoms with van der Waals surface area (Å²) in [5, 5.41) is 0.120. The third kappa shape index (κ3) is 3.81. The molecular formula is C27H16Cl8N2O5. The summed E-state index contributed by atoms with van der Waals surface area (Å²) in [6, 6.07) is 9.24. The fraction of sp³-hybridized carbons (Fsp3) is 0.333. The minimum Gasteiger partial charge on any atom is -0.426 e. The van der Waals surface area contributed by atoms with E-state index in [1.165, 1.54) is 23.1 Å². The van der Waals surface area contributed by atoms with Crippen LogP contribution in [0.2, 0.25) is 10.0 Å². The molecule has 2 aromatic carbocycles. The number of carbonyl (C=O) groups excluding carboxylic acids is 4. The number of amides is 3. The van der Waals surface area contributed by atoms with E-state index >= 15 is 0 Å². The van der Waals surface area contributed by atoms with Crippen molar-refractivity contribution in [3.8, 4) is 5.75 Å². The molecule has 2 aliphatic heterocycles. The lowest BCUT2D eigenvalue weighted by Gasteiger charge is -2.34. The van der Waals surface area contributed by atoms with Gasteiger partial charge in [-0.2, -0.15) is 0 Å². The van der Waals surface area contributed by atoms with Crippen LogP contribution in [-0.4, -0.2) is 44.3 Å². The topological polar surface area (TPSA) is 84.0 Å². The maximum Gasteiger partial charge on any atom is 0.316 e. The Morgan fingerprint density at radius 2 is 1.48 bits per heavy atom. The molecule has 7 nitrogen and oxygen atoms in total. The van der Waals surface area contributed by atoms with E-state index in [2.05, 4.69) is 0 Å². The Labute approximate surface area is 279 Å². The normalized spacial score (nSPS) is 31.5. The molecule has 42 heavy (non-hydrogen) atoms. The number of nitrogens with zero attached hydrogens (tertiary/aromatic N) is 2. The number of benzene rings is 2. The fourth-order valence-electron chi connectivity index (χ4n) is 6.17. The number of esters is 1. The van der Waals surface area contributed by atoms with Crippen LogP contribution < -0.4 is 14.5 Å². The summed E-state index contributed by atoms with van der Waals surface area (Å²) in [6.07, 6.45) is -0.0829. The highest BCUT2D eigenvalue weighted by Crippen LogP contribution is 2.77. The molecule has 5 atom stereocenters. The van der Waals surface area contributed by atoms with E-state index in [0.29, 0.717) is 11.3 Å². The van der Waals surface area contributed by atoms with Gasteiger partial charge in [0.05, 0.1) is 49.2 Å². The summed E-state index contributed by atoms with van der Waals surface area (Å²) >= 11 is 51.7. The smallest absolute Gasteiger partial charge is 0.316 e. The highest BCUT2D eigenvalue weighted by atomic mass is 35.5. The Bertz CT molecular complexity index is 1620. The number of allylic oxidation sites excluding steroid dienone is 2. The molecule has 2 aromatic rings. The van der Waals surface area contributed by atoms with Crippen LogP contribution in [-0.2, 0) is 19.2 Å². The van der Waals surface area contributed by atoms with Gasteiger partial charge in [-0.15, -0.1) is 23.2 Å². The van der Waals surface area contributed by atoms with Crippen LogP contribution >= 0.6 is 92.8 Å². The number of carbonyl (C=O) groups is 4. The van der Waals surface area contributed by atoms with Gasteiger partial charge in [-0.1, -0.05) is 75.7 Å². The van der Waals surface area contributed by atoms with Crippen molar-refractivity contribution in [3.63, 3.8) is 0 Å². The molecular weight excluding hydrogens is 716 g/mol. The largest absolute Gasteiger partial charge is 0.426 e. The predicted octanol–water partition coefficient (Wildman–Crippen LogP) is 7.21. The van der Waals surface area contributed by atoms with Crippen molar-refractivity contribution in [2.75, 3.05) is 16.3 Å². The maximum absolute atomic E-state index is 13.7. The Hall–Kier alpha value is -1.42. The van der Waals surface area contributed by atoms with Gasteiger partial charge < -0.3 is 9.64 Å². The lowest BCUT2D eigenvalue weighted by molar-refractivity contribution is -0.139. The number of anilines is 2. The number of aryl methyl sites for hydroxylation is 1. The molecule has 0 aromatic heterocycles. The van der Waals surface area contributed by atoms with Crippen LogP contribution in [0.1, 0.15) is 12.0 Å². The zero-order valence-electron chi connectivity index (χ0n) is 21.1. The highest BCUT2D eigenvalue weighted by Gasteiger charge is 2.87. The predicted molar refractivity (Wildman–Crippen MR) is 164 cm³/mol. The molecule has 1 saturated carbocycles. The van der Waals surface area contributed by atoms with Gasteiger partial charge in [-0.05, 0) is 42.8 Å². The first-order valence-corrected chi connectivity index (χ1v) is 15.4. The quantitative estimate of drug-likeness (QED) is 0.144. The van der Waals surface area contributed by atoms with Crippen LogP contribution in [0, 0.1) is 24.7 Å². The molecule has 2 heterocycles. The van der Waals surface area contributed by atoms with E-state index in [0.717, 1.165) is 4.90 Å². The lowest BCUT2D eigenvalue weighted by Crippen LogP contribution is -2.50. The van der Waals surface area contributed by atoms with Gasteiger partial charge in [-0.25, -0.2) is 4.90 Å². The summed E-state index contributed by atoms with van der Waals surface area (Å²) in [6.45, 7) is 1.67. The first-order chi connectivity index (χ1) is 19.6. The zero-order valence-corrected chi connectivity index (χ0v) is 27.1. The minimum atomic E-state index is -2.04. The average molecular weight is 732 g/mol. The van der Waals surface area contributed by atoms with Crippen molar-refractivity contribution in [1.29, 1.82) is 0 Å². The minimum absolute atomic E-state index is 0.0521. The summed E-state index contributed by atoms with van der Waals surface area (Å²) in [4.78, 5) is 51.5. The van der Waals surface area contributed by atoms with Gasteiger partial charge in [-0.3, -0.25) is 19.2 Å². The van der Waals surface area contributed by atoms with Gasteiger partial charge in [0, 0.05) is 13.0 Å². The number of halogens is 8. The first kappa shape index (κ1) is 30.6. The summed E-state index contributed by atoms with van der Waals surface area (Å²) in [5.74, 6) is -5.52. The Morgan fingerprint density at radius 3 is 2.05 bits per heavy atom. The molecule has 3 fully saturated rings. The van der Waals surface area contributed by atoms with E-state index < -0.39 is 49.6 Å². The van der Waals surface area contributed by atoms with E-state index in [9.17, 15) is 19.2 Å². The van der Waals surface area contributed by atoms with Crippen molar-refractivity contribution < 1.29 is 23.9 Å². The summed E-state index contributed by atoms with van der Waals surface area (Å²) in [7, 11) is 0. The second-order valence-electron chi connectivity index (χ2n) is 10.4. The van der Waals surface area contributed by atoms with Gasteiger partial charge in [0.25, 0.3) is 0 Å². The number of fused-ring (bicyclic) bond motifs is 5. The van der Waals surface area contributed by atoms with Crippen molar-refractivity contribution in [1.82, 2.24) is 0 Å². The molecule has 3 amide bonds. The maximum atomic E-state index is 13.7. The fourth-order valence-corrected chi connectivity index (χ4v) is 9.50. The molecule has 0 spiro atoms. The first-order valence-electron chi connectivity index (χ1n) is 12.3. The monoisotopic (exact) mass is 728 g/mol. The summed E-state index contributed by atoms with van der Waals surface area (Å²) in [5.41, 5.74) is 1.03. The molecule has 2 aliphatic carbocycles. The van der Waals surface area contributed by atoms with Gasteiger partial charge in [0.2, 0.25) is 17.7 Å². The van der Waals surface area contributed by atoms with E-state index in [-0.39, 0.29) is 50.4 Å². The van der Waals surface area contributed by atoms with Crippen LogP contribution in [0.15, 0.2) is 46.5 Å². The number of rotatable bonds is 4. The second-order valence-corrected chi connectivity index (χ2v) is 14.5. The van der Waals surface area contributed by atoms with Gasteiger partial charge in [0.1, 0.15) is 15.5 Å². The van der Waals surface area contributed by atoms with Crippen molar-refractivity contribution in [2.45, 2.75) is 27.4 Å². The molecule has 0 N–H and O–H groups in total. The molecule has 4 aliphatic rings. The standard InChI is InChI=1S/C27H16Cl8N2O5/c1-10-7-12(42-24(41)11-8-16(38)36(9-11)15-4-2-3-13(28)19(15)29)5-6-14(10)37-22(39)17-18(23(37)40)26(33)21(31)20(30)25(17,32)27(26,34)35/h2-7,11,17-18H,8-9H2,1H3/t11-,17-,18-,25-,26-/m1/s1. The Balaban J connectivity index is 1.22. The molecule has 2 bridgehead atoms. The molecule has 2 saturated heterocycles. The van der Waals surface area contributed by atoms with Crippen LogP contribution in [0.4, 0.5) is 11.4 Å². The van der Waals surface area contributed by atoms with E-state index in [4.69, 9.17) is 97.5 Å². The molecule has 0 radical (unpaired) electrons. The SMILES string of the molecule is Cc1cc(OC(=O)[C@@H]2CC(=O)N(c3cccc(Cl)c3Cl)C2)ccc1N1C(=O)[C@H]2[C@H](C1=O)[C@@]1(Cl)C(Cl)=C(Cl)[C@@]2(Cl)C1(Cl)Cl. The van der Waals surface area contributed by atoms with Gasteiger partial charge >= 0.3 is 5.97 Å². The lowest BCUT2D eigenvalue weighted by atomic mass is 9.84. The number of hydrogen-bond acceptors (Lipinski definition) is 5. The summed E-state index contributed by atoms with van der Waals surface area (Å²) < 4.78 is 3.52. The van der Waals surface area contributed by atoms with Crippen LogP contribution in [0.25, 0.3) is 0 Å². The zero-order chi connectivity index (χ0) is 30.7. The van der Waals surface area contributed by atoms with E-state index in [1.807, 2.05) is 0 Å². The third-order valence-electron chi connectivity index (χ3n) is 8.22. The number of alkyl halides is 4. The van der Waals surface area contributed by atoms with Crippen LogP contribution in [0.5, 0.6) is 5.75 Å². The molecule has 220 valence electrons. The highest BCUT2D eigenvalue weighted by molar-refractivity contribution is 6.67. The molecule has 0 unspecified atom stereocenters. The number of hydrogen-bond donors (Lipinski definition) is 0. The van der Waals surface area contributed by atoms with Gasteiger partial charge in [0.15, 0.2) is 4.33 Å². The number of ether oxygens (including phenoxy) is 1. The Morgan fingerprint density at radius 1 is 0.881 bits per heavy atom. The van der Waals surface area contributed by atoms with Crippen LogP contribution in [0.3, 0.4) is 0 Å². The van der Waals surface area contributed by atoms with E-state index in [1.54, 1.807) is 25.1 Å². The Kier molecular flexibility index (Phi) is 7.32. The molecule has 6 rings (SSSR count). The van der Waals surface area contributed by atoms with Crippen molar-refractivity contribution in [2.24, 2.45) is 17.8 Å². The van der Waals surface area contributed by atoms with Crippen molar-refractivity contribution >= 4 is 128 Å². The average Bonchev–Trinajstić information content (AvgIpc) is 3.51. The van der Waals surface area contributed by atoms with Crippen molar-refractivity contribution in [3.05, 3.63) is 62.1 Å². The second kappa shape index (κ2) is 10.0. The molecule has 15 heteroatoms. The number of imide groups is 1.